The van der Waals surface area contributed by atoms with Gasteiger partial charge in [-0.15, -0.1) is 0 Å². The van der Waals surface area contributed by atoms with Gasteiger partial charge in [-0.25, -0.2) is 19.6 Å². The standard InChI is InChI=1S/C25H23N3O2.C18H16BrN3O2.C2H6/c1-15-4-3-5-17(10-15)21-13-20(11-18-8-9-28(2)23(18)21)27-24-22(25(29)30)12-19(14-26-24)16-6-7-16;1-22-5-4-11-6-13(8-15(19)16(11)22)21-17-14(18(23)24)7-12(9-20-17)10-2-3-10;1-2/h3-5,8-14,16H,6-7H2,1-2H3,(H,26,27)(H,29,30);4-10H,2-3H2,1H3,(H,20,21)(H,23,24);1-2H3. The Kier molecular flexibility index (Phi) is 11.0. The summed E-state index contributed by atoms with van der Waals surface area (Å²) in [4.78, 5) is 32.3. The minimum atomic E-state index is -0.966. The van der Waals surface area contributed by atoms with Crippen molar-refractivity contribution in [3.05, 3.63) is 130 Å². The molecule has 4 N–H and O–H groups in total. The van der Waals surface area contributed by atoms with Crippen LogP contribution >= 0.6 is 15.9 Å². The van der Waals surface area contributed by atoms with Crippen LogP contribution in [0.4, 0.5) is 23.0 Å². The van der Waals surface area contributed by atoms with Crippen LogP contribution in [0.2, 0.25) is 0 Å². The fraction of sp³-hybridized carbons (Fsp3) is 0.244. The quantitative estimate of drug-likeness (QED) is 0.113. The Bertz CT molecular complexity index is 2600. The van der Waals surface area contributed by atoms with E-state index in [-0.39, 0.29) is 11.1 Å². The normalized spacial score (nSPS) is 13.4. The lowest BCUT2D eigenvalue weighted by Gasteiger charge is -2.14. The molecule has 0 saturated heterocycles. The van der Waals surface area contributed by atoms with Crippen molar-refractivity contribution in [2.24, 2.45) is 14.1 Å². The molecular formula is C45H45BrN6O4. The van der Waals surface area contributed by atoms with Gasteiger partial charge >= 0.3 is 11.9 Å². The van der Waals surface area contributed by atoms with E-state index < -0.39 is 11.9 Å². The van der Waals surface area contributed by atoms with Gasteiger partial charge in [-0.2, -0.15) is 0 Å². The molecule has 10 nitrogen and oxygen atoms in total. The summed E-state index contributed by atoms with van der Waals surface area (Å²) >= 11 is 3.58. The summed E-state index contributed by atoms with van der Waals surface area (Å²) in [6.07, 6.45) is 12.1. The third kappa shape index (κ3) is 8.18. The van der Waals surface area contributed by atoms with Gasteiger partial charge in [0, 0.05) is 71.1 Å². The zero-order valence-corrected chi connectivity index (χ0v) is 33.7. The number of nitrogens with zero attached hydrogens (tertiary/aromatic N) is 4. The second-order valence-corrected chi connectivity index (χ2v) is 15.2. The molecule has 7 aromatic rings. The van der Waals surface area contributed by atoms with Gasteiger partial charge in [0.15, 0.2) is 0 Å². The van der Waals surface area contributed by atoms with Gasteiger partial charge in [0.1, 0.15) is 22.8 Å². The molecule has 2 fully saturated rings. The molecule has 56 heavy (non-hydrogen) atoms. The van der Waals surface area contributed by atoms with Crippen LogP contribution in [0.15, 0.2) is 102 Å². The fourth-order valence-electron chi connectivity index (χ4n) is 7.05. The van der Waals surface area contributed by atoms with Gasteiger partial charge < -0.3 is 30.0 Å². The molecular weight excluding hydrogens is 768 g/mol. The molecule has 2 saturated carbocycles. The molecule has 0 bridgehead atoms. The molecule has 0 spiro atoms. The molecule has 2 aliphatic carbocycles. The summed E-state index contributed by atoms with van der Waals surface area (Å²) in [5.74, 6) is -0.260. The molecule has 2 aliphatic rings. The van der Waals surface area contributed by atoms with Gasteiger partial charge in [-0.3, -0.25) is 0 Å². The maximum absolute atomic E-state index is 11.9. The van der Waals surface area contributed by atoms with Crippen LogP contribution in [0.1, 0.15) is 88.8 Å². The lowest BCUT2D eigenvalue weighted by Crippen LogP contribution is -2.06. The van der Waals surface area contributed by atoms with Crippen molar-refractivity contribution < 1.29 is 19.8 Å². The number of aromatic carboxylic acids is 2. The SMILES string of the molecule is CC.Cc1cccc(-c2cc(Nc3ncc(C4CC4)cc3C(=O)O)cc3ccn(C)c23)c1.Cn1ccc2cc(Nc3ncc(C4CC4)cc3C(=O)O)cc(Br)c21. The first-order valence-corrected chi connectivity index (χ1v) is 19.7. The van der Waals surface area contributed by atoms with E-state index in [2.05, 4.69) is 84.4 Å². The number of aromatic nitrogens is 4. The molecule has 4 heterocycles. The van der Waals surface area contributed by atoms with Crippen LogP contribution in [0, 0.1) is 6.92 Å². The van der Waals surface area contributed by atoms with Gasteiger partial charge in [-0.1, -0.05) is 43.7 Å². The summed E-state index contributed by atoms with van der Waals surface area (Å²) in [6, 6.07) is 24.0. The van der Waals surface area contributed by atoms with Crippen molar-refractivity contribution in [1.29, 1.82) is 0 Å². The Morgan fingerprint density at radius 2 is 1.20 bits per heavy atom. The Balaban J connectivity index is 0.000000168. The average Bonchev–Trinajstić information content (AvgIpc) is 4.13. The number of anilines is 4. The predicted molar refractivity (Wildman–Crippen MR) is 228 cm³/mol. The van der Waals surface area contributed by atoms with Crippen LogP contribution in [0.5, 0.6) is 0 Å². The second-order valence-electron chi connectivity index (χ2n) is 14.3. The highest BCUT2D eigenvalue weighted by Crippen LogP contribution is 2.42. The maximum atomic E-state index is 11.9. The number of rotatable bonds is 9. The number of pyridine rings is 2. The molecule has 0 amide bonds. The maximum Gasteiger partial charge on any atom is 0.339 e. The van der Waals surface area contributed by atoms with Crippen molar-refractivity contribution in [1.82, 2.24) is 19.1 Å². The third-order valence-electron chi connectivity index (χ3n) is 10.1. The van der Waals surface area contributed by atoms with Crippen molar-refractivity contribution >= 4 is 72.7 Å². The highest BCUT2D eigenvalue weighted by molar-refractivity contribution is 9.10. The van der Waals surface area contributed by atoms with Gasteiger partial charge in [0.25, 0.3) is 0 Å². The van der Waals surface area contributed by atoms with Crippen molar-refractivity contribution in [3.8, 4) is 11.1 Å². The lowest BCUT2D eigenvalue weighted by molar-refractivity contribution is 0.0686. The number of halogens is 1. The van der Waals surface area contributed by atoms with E-state index >= 15 is 0 Å². The second kappa shape index (κ2) is 16.0. The predicted octanol–water partition coefficient (Wildman–Crippen LogP) is 11.5. The largest absolute Gasteiger partial charge is 0.478 e. The van der Waals surface area contributed by atoms with Gasteiger partial charge in [-0.05, 0) is 126 Å². The van der Waals surface area contributed by atoms with E-state index in [1.165, 1.54) is 5.56 Å². The van der Waals surface area contributed by atoms with Crippen LogP contribution in [-0.4, -0.2) is 41.3 Å². The summed E-state index contributed by atoms with van der Waals surface area (Å²) < 4.78 is 5.10. The number of nitrogens with one attached hydrogen (secondary N) is 2. The Morgan fingerprint density at radius 3 is 1.70 bits per heavy atom. The number of carboxylic acid groups (broad SMARTS) is 2. The van der Waals surface area contributed by atoms with E-state index in [9.17, 15) is 19.8 Å². The molecule has 9 rings (SSSR count). The number of carboxylic acids is 2. The minimum absolute atomic E-state index is 0.212. The molecule has 3 aromatic carbocycles. The van der Waals surface area contributed by atoms with E-state index in [1.807, 2.05) is 69.2 Å². The molecule has 4 aromatic heterocycles. The summed E-state index contributed by atoms with van der Waals surface area (Å²) in [5, 5.41) is 27.8. The lowest BCUT2D eigenvalue weighted by atomic mass is 10.00. The number of carbonyl (C=O) groups is 2. The number of aryl methyl sites for hydroxylation is 3. The molecule has 0 radical (unpaired) electrons. The fourth-order valence-corrected chi connectivity index (χ4v) is 7.80. The molecule has 286 valence electrons. The third-order valence-corrected chi connectivity index (χ3v) is 10.7. The number of fused-ring (bicyclic) bond motifs is 2. The summed E-state index contributed by atoms with van der Waals surface area (Å²) in [6.45, 7) is 6.08. The highest BCUT2D eigenvalue weighted by atomic mass is 79.9. The van der Waals surface area contributed by atoms with E-state index in [0.29, 0.717) is 23.5 Å². The van der Waals surface area contributed by atoms with Crippen molar-refractivity contribution in [3.63, 3.8) is 0 Å². The van der Waals surface area contributed by atoms with E-state index in [1.54, 1.807) is 24.5 Å². The van der Waals surface area contributed by atoms with Gasteiger partial charge in [0.2, 0.25) is 0 Å². The smallest absolute Gasteiger partial charge is 0.339 e. The first-order valence-electron chi connectivity index (χ1n) is 18.9. The first kappa shape index (κ1) is 38.3. The molecule has 0 atom stereocenters. The zero-order chi connectivity index (χ0) is 39.7. The van der Waals surface area contributed by atoms with Crippen LogP contribution in [0.25, 0.3) is 32.9 Å². The molecule has 11 heteroatoms. The zero-order valence-electron chi connectivity index (χ0n) is 32.1. The first-order chi connectivity index (χ1) is 27.0. The summed E-state index contributed by atoms with van der Waals surface area (Å²) in [5.41, 5.74) is 9.71. The van der Waals surface area contributed by atoms with Crippen LogP contribution in [-0.2, 0) is 14.1 Å². The number of benzene rings is 3. The van der Waals surface area contributed by atoms with Crippen molar-refractivity contribution in [2.45, 2.75) is 58.3 Å². The Hall–Kier alpha value is -5.94. The van der Waals surface area contributed by atoms with Gasteiger partial charge in [0.05, 0.1) is 11.0 Å². The minimum Gasteiger partial charge on any atom is -0.478 e. The highest BCUT2D eigenvalue weighted by Gasteiger charge is 2.27. The topological polar surface area (TPSA) is 134 Å². The van der Waals surface area contributed by atoms with Crippen molar-refractivity contribution in [2.75, 3.05) is 10.6 Å². The van der Waals surface area contributed by atoms with E-state index in [0.717, 1.165) is 85.6 Å². The molecule has 0 aliphatic heterocycles. The summed E-state index contributed by atoms with van der Waals surface area (Å²) in [7, 11) is 4.02. The van der Waals surface area contributed by atoms with Crippen LogP contribution < -0.4 is 10.6 Å². The Labute approximate surface area is 334 Å². The Morgan fingerprint density at radius 1 is 0.696 bits per heavy atom. The number of hydrogen-bond donors (Lipinski definition) is 4. The molecule has 0 unspecified atom stereocenters. The average molecular weight is 814 g/mol. The van der Waals surface area contributed by atoms with Crippen LogP contribution in [0.3, 0.4) is 0 Å². The number of hydrogen-bond acceptors (Lipinski definition) is 6. The monoisotopic (exact) mass is 812 g/mol. The van der Waals surface area contributed by atoms with E-state index in [4.69, 9.17) is 0 Å².